The van der Waals surface area contributed by atoms with Gasteiger partial charge in [-0.05, 0) is 25.3 Å². The molecule has 0 aromatic carbocycles. The van der Waals surface area contributed by atoms with E-state index in [1.165, 1.54) is 12.8 Å². The number of hydrogen-bond acceptors (Lipinski definition) is 3. The molecule has 100 valence electrons. The first-order valence-corrected chi connectivity index (χ1v) is 6.75. The van der Waals surface area contributed by atoms with Gasteiger partial charge in [0.1, 0.15) is 0 Å². The summed E-state index contributed by atoms with van der Waals surface area (Å²) < 4.78 is 1.92. The molecule has 1 fully saturated rings. The zero-order valence-corrected chi connectivity index (χ0v) is 10.7. The number of aryl methyl sites for hydroxylation is 1. The fourth-order valence-corrected chi connectivity index (χ4v) is 2.61. The molecule has 1 aliphatic carbocycles. The van der Waals surface area contributed by atoms with Crippen molar-refractivity contribution in [2.45, 2.75) is 44.7 Å². The first-order chi connectivity index (χ1) is 8.79. The number of nitrogens with one attached hydrogen (secondary N) is 1. The van der Waals surface area contributed by atoms with E-state index in [0.29, 0.717) is 25.4 Å². The predicted molar refractivity (Wildman–Crippen MR) is 69.8 cm³/mol. The summed E-state index contributed by atoms with van der Waals surface area (Å²) in [6, 6.07) is 0.277. The van der Waals surface area contributed by atoms with Crippen molar-refractivity contribution < 1.29 is 4.79 Å². The summed E-state index contributed by atoms with van der Waals surface area (Å²) in [7, 11) is 0. The SMILES string of the molecule is NCC1CCCCC1NC(=O)CCn1ccnc1. The molecule has 1 aliphatic rings. The molecule has 0 bridgehead atoms. The van der Waals surface area contributed by atoms with E-state index in [1.807, 2.05) is 10.8 Å². The van der Waals surface area contributed by atoms with Crippen LogP contribution in [0.3, 0.4) is 0 Å². The lowest BCUT2D eigenvalue weighted by Crippen LogP contribution is -2.44. The molecule has 1 amide bonds. The van der Waals surface area contributed by atoms with Gasteiger partial charge in [0.25, 0.3) is 0 Å². The van der Waals surface area contributed by atoms with Gasteiger partial charge in [0.2, 0.25) is 5.91 Å². The summed E-state index contributed by atoms with van der Waals surface area (Å²) in [4.78, 5) is 15.8. The van der Waals surface area contributed by atoms with Crippen LogP contribution in [0.2, 0.25) is 0 Å². The lowest BCUT2D eigenvalue weighted by atomic mass is 9.84. The number of imidazole rings is 1. The van der Waals surface area contributed by atoms with Crippen molar-refractivity contribution in [1.29, 1.82) is 0 Å². The Kier molecular flexibility index (Phi) is 4.75. The van der Waals surface area contributed by atoms with Gasteiger partial charge in [0, 0.05) is 31.4 Å². The van der Waals surface area contributed by atoms with Crippen molar-refractivity contribution in [1.82, 2.24) is 14.9 Å². The van der Waals surface area contributed by atoms with Gasteiger partial charge in [-0.2, -0.15) is 0 Å². The fourth-order valence-electron chi connectivity index (χ4n) is 2.61. The third-order valence-corrected chi connectivity index (χ3v) is 3.71. The Bertz CT molecular complexity index is 363. The monoisotopic (exact) mass is 250 g/mol. The Morgan fingerprint density at radius 2 is 2.28 bits per heavy atom. The minimum absolute atomic E-state index is 0.119. The molecule has 5 heteroatoms. The summed E-state index contributed by atoms with van der Waals surface area (Å²) >= 11 is 0. The Morgan fingerprint density at radius 1 is 1.44 bits per heavy atom. The number of carbonyl (C=O) groups is 1. The van der Waals surface area contributed by atoms with Crippen LogP contribution in [0.5, 0.6) is 0 Å². The highest BCUT2D eigenvalue weighted by molar-refractivity contribution is 5.76. The van der Waals surface area contributed by atoms with Crippen LogP contribution in [-0.2, 0) is 11.3 Å². The van der Waals surface area contributed by atoms with Gasteiger partial charge in [0.05, 0.1) is 6.33 Å². The third kappa shape index (κ3) is 3.57. The zero-order chi connectivity index (χ0) is 12.8. The van der Waals surface area contributed by atoms with E-state index in [4.69, 9.17) is 5.73 Å². The zero-order valence-electron chi connectivity index (χ0n) is 10.7. The van der Waals surface area contributed by atoms with Crippen LogP contribution in [0.1, 0.15) is 32.1 Å². The number of nitrogens with two attached hydrogens (primary N) is 1. The molecule has 1 aromatic rings. The molecular formula is C13H22N4O. The third-order valence-electron chi connectivity index (χ3n) is 3.71. The smallest absolute Gasteiger partial charge is 0.222 e. The number of rotatable bonds is 5. The van der Waals surface area contributed by atoms with Gasteiger partial charge < -0.3 is 15.6 Å². The van der Waals surface area contributed by atoms with E-state index in [-0.39, 0.29) is 11.9 Å². The summed E-state index contributed by atoms with van der Waals surface area (Å²) in [5, 5.41) is 3.13. The Labute approximate surface area is 108 Å². The van der Waals surface area contributed by atoms with Gasteiger partial charge in [-0.15, -0.1) is 0 Å². The molecule has 0 spiro atoms. The van der Waals surface area contributed by atoms with E-state index in [2.05, 4.69) is 10.3 Å². The summed E-state index contributed by atoms with van der Waals surface area (Å²) in [5.41, 5.74) is 5.76. The van der Waals surface area contributed by atoms with Crippen LogP contribution < -0.4 is 11.1 Å². The molecule has 1 saturated carbocycles. The Hall–Kier alpha value is -1.36. The van der Waals surface area contributed by atoms with Crippen molar-refractivity contribution >= 4 is 5.91 Å². The van der Waals surface area contributed by atoms with E-state index < -0.39 is 0 Å². The summed E-state index contributed by atoms with van der Waals surface area (Å²) in [5.74, 6) is 0.574. The molecular weight excluding hydrogens is 228 g/mol. The maximum atomic E-state index is 11.9. The van der Waals surface area contributed by atoms with Gasteiger partial charge in [0.15, 0.2) is 0 Å². The standard InChI is InChI=1S/C13H22N4O/c14-9-11-3-1-2-4-12(11)16-13(18)5-7-17-8-6-15-10-17/h6,8,10-12H,1-5,7,9,14H2,(H,16,18). The number of hydrogen-bond donors (Lipinski definition) is 2. The first-order valence-electron chi connectivity index (χ1n) is 6.75. The molecule has 0 radical (unpaired) electrons. The van der Waals surface area contributed by atoms with Crippen molar-refractivity contribution in [3.05, 3.63) is 18.7 Å². The second kappa shape index (κ2) is 6.54. The quantitative estimate of drug-likeness (QED) is 0.815. The minimum atomic E-state index is 0.119. The van der Waals surface area contributed by atoms with Gasteiger partial charge in [-0.25, -0.2) is 4.98 Å². The fraction of sp³-hybridized carbons (Fsp3) is 0.692. The van der Waals surface area contributed by atoms with Crippen LogP contribution in [0.15, 0.2) is 18.7 Å². The molecule has 2 rings (SSSR count). The molecule has 2 unspecified atom stereocenters. The Morgan fingerprint density at radius 3 is 3.00 bits per heavy atom. The van der Waals surface area contributed by atoms with Crippen molar-refractivity contribution in [3.63, 3.8) is 0 Å². The molecule has 1 heterocycles. The second-order valence-electron chi connectivity index (χ2n) is 5.00. The summed E-state index contributed by atoms with van der Waals surface area (Å²) in [6.45, 7) is 1.36. The molecule has 2 atom stereocenters. The molecule has 18 heavy (non-hydrogen) atoms. The van der Waals surface area contributed by atoms with Crippen molar-refractivity contribution in [2.75, 3.05) is 6.54 Å². The average Bonchev–Trinajstić information content (AvgIpc) is 2.90. The largest absolute Gasteiger partial charge is 0.353 e. The number of nitrogens with zero attached hydrogens (tertiary/aromatic N) is 2. The van der Waals surface area contributed by atoms with E-state index in [9.17, 15) is 4.79 Å². The topological polar surface area (TPSA) is 72.9 Å². The van der Waals surface area contributed by atoms with Crippen LogP contribution in [-0.4, -0.2) is 28.0 Å². The molecule has 3 N–H and O–H groups in total. The van der Waals surface area contributed by atoms with Gasteiger partial charge in [-0.3, -0.25) is 4.79 Å². The van der Waals surface area contributed by atoms with Crippen LogP contribution in [0, 0.1) is 5.92 Å². The molecule has 1 aromatic heterocycles. The first kappa shape index (κ1) is 13.1. The molecule has 0 aliphatic heterocycles. The van der Waals surface area contributed by atoms with E-state index >= 15 is 0 Å². The van der Waals surface area contributed by atoms with Gasteiger partial charge in [-0.1, -0.05) is 12.8 Å². The highest BCUT2D eigenvalue weighted by atomic mass is 16.1. The predicted octanol–water partition coefficient (Wildman–Crippen LogP) is 0.907. The number of aromatic nitrogens is 2. The second-order valence-corrected chi connectivity index (χ2v) is 5.00. The maximum Gasteiger partial charge on any atom is 0.222 e. The van der Waals surface area contributed by atoms with E-state index in [1.54, 1.807) is 12.5 Å². The normalized spacial score (nSPS) is 23.8. The summed E-state index contributed by atoms with van der Waals surface area (Å²) in [6.07, 6.45) is 10.5. The highest BCUT2D eigenvalue weighted by Gasteiger charge is 2.24. The Balaban J connectivity index is 1.75. The van der Waals surface area contributed by atoms with Crippen LogP contribution in [0.4, 0.5) is 0 Å². The van der Waals surface area contributed by atoms with Gasteiger partial charge >= 0.3 is 0 Å². The lowest BCUT2D eigenvalue weighted by Gasteiger charge is -2.31. The highest BCUT2D eigenvalue weighted by Crippen LogP contribution is 2.23. The molecule has 0 saturated heterocycles. The van der Waals surface area contributed by atoms with Crippen molar-refractivity contribution in [3.8, 4) is 0 Å². The maximum absolute atomic E-state index is 11.9. The van der Waals surface area contributed by atoms with E-state index in [0.717, 1.165) is 12.8 Å². The van der Waals surface area contributed by atoms with Crippen molar-refractivity contribution in [2.24, 2.45) is 11.7 Å². The molecule has 5 nitrogen and oxygen atoms in total. The van der Waals surface area contributed by atoms with Crippen LogP contribution in [0.25, 0.3) is 0 Å². The number of amides is 1. The average molecular weight is 250 g/mol. The number of carbonyl (C=O) groups excluding carboxylic acids is 1. The van der Waals surface area contributed by atoms with Crippen LogP contribution >= 0.6 is 0 Å². The lowest BCUT2D eigenvalue weighted by molar-refractivity contribution is -0.122. The minimum Gasteiger partial charge on any atom is -0.353 e.